The Morgan fingerprint density at radius 2 is 2.09 bits per heavy atom. The summed E-state index contributed by atoms with van der Waals surface area (Å²) in [5.74, 6) is 0.0223. The molecule has 3 rings (SSSR count). The number of ether oxygens (including phenoxy) is 1. The number of nitrogens with zero attached hydrogens (tertiary/aromatic N) is 1. The van der Waals surface area contributed by atoms with Crippen LogP contribution in [0.25, 0.3) is 0 Å². The summed E-state index contributed by atoms with van der Waals surface area (Å²) >= 11 is 5.29. The van der Waals surface area contributed by atoms with E-state index in [-0.39, 0.29) is 17.8 Å². The van der Waals surface area contributed by atoms with Crippen molar-refractivity contribution in [1.82, 2.24) is 4.90 Å². The van der Waals surface area contributed by atoms with E-state index >= 15 is 0 Å². The lowest BCUT2D eigenvalue weighted by atomic mass is 9.91. The van der Waals surface area contributed by atoms with Crippen LogP contribution in [-0.4, -0.2) is 30.6 Å². The van der Waals surface area contributed by atoms with Crippen molar-refractivity contribution in [3.05, 3.63) is 56.7 Å². The maximum atomic E-state index is 12.4. The Labute approximate surface area is 149 Å². The molecule has 0 unspecified atom stereocenters. The van der Waals surface area contributed by atoms with E-state index in [0.717, 1.165) is 24.1 Å². The topological polar surface area (TPSA) is 29.5 Å². The van der Waals surface area contributed by atoms with Gasteiger partial charge in [0.25, 0.3) is 0 Å². The minimum atomic E-state index is -0.0930. The van der Waals surface area contributed by atoms with Crippen LogP contribution in [0.2, 0.25) is 0 Å². The molecule has 0 radical (unpaired) electrons. The quantitative estimate of drug-likeness (QED) is 0.709. The van der Waals surface area contributed by atoms with Gasteiger partial charge in [-0.05, 0) is 39.4 Å². The van der Waals surface area contributed by atoms with Crippen LogP contribution in [0.1, 0.15) is 24.0 Å². The molecule has 5 heteroatoms. The van der Waals surface area contributed by atoms with Gasteiger partial charge in [0, 0.05) is 35.4 Å². The van der Waals surface area contributed by atoms with Crippen LogP contribution >= 0.6 is 27.3 Å². The molecule has 0 spiro atoms. The zero-order valence-electron chi connectivity index (χ0n) is 13.1. The number of halogens is 1. The second-order valence-electron chi connectivity index (χ2n) is 5.82. The molecule has 1 fully saturated rings. The lowest BCUT2D eigenvalue weighted by Gasteiger charge is -2.16. The van der Waals surface area contributed by atoms with Crippen LogP contribution in [0.3, 0.4) is 0 Å². The molecule has 0 saturated carbocycles. The number of hydrogen-bond donors (Lipinski definition) is 0. The van der Waals surface area contributed by atoms with Crippen molar-refractivity contribution in [2.75, 3.05) is 19.7 Å². The molecule has 1 aliphatic heterocycles. The molecule has 2 atom stereocenters. The van der Waals surface area contributed by atoms with Crippen molar-refractivity contribution in [2.45, 2.75) is 19.4 Å². The summed E-state index contributed by atoms with van der Waals surface area (Å²) in [6.07, 6.45) is 0. The zero-order valence-corrected chi connectivity index (χ0v) is 15.5. The Kier molecular flexibility index (Phi) is 5.51. The number of rotatable bonds is 5. The Hall–Kier alpha value is -1.17. The van der Waals surface area contributed by atoms with Crippen molar-refractivity contribution < 1.29 is 9.53 Å². The highest BCUT2D eigenvalue weighted by Crippen LogP contribution is 2.39. The van der Waals surface area contributed by atoms with E-state index in [4.69, 9.17) is 4.74 Å². The van der Waals surface area contributed by atoms with Crippen LogP contribution < -0.4 is 0 Å². The first-order valence-electron chi connectivity index (χ1n) is 7.83. The molecule has 0 amide bonds. The third kappa shape index (κ3) is 3.84. The van der Waals surface area contributed by atoms with E-state index in [2.05, 4.69) is 55.9 Å². The minimum absolute atomic E-state index is 0.0776. The summed E-state index contributed by atoms with van der Waals surface area (Å²) < 4.78 is 6.42. The standard InChI is InChI=1S/C18H20BrNO2S/c1-2-22-18(21)15-10-20(8-13-6-4-3-5-7-13)9-14(15)16-11-23-12-17(16)19/h3-7,11-12,14-15H,2,8-10H2,1H3/t14-,15+/m1/s1. The van der Waals surface area contributed by atoms with E-state index in [1.807, 2.05) is 13.0 Å². The van der Waals surface area contributed by atoms with E-state index < -0.39 is 0 Å². The largest absolute Gasteiger partial charge is 0.466 e. The van der Waals surface area contributed by atoms with E-state index in [9.17, 15) is 4.79 Å². The van der Waals surface area contributed by atoms with E-state index in [0.29, 0.717) is 6.61 Å². The average molecular weight is 394 g/mol. The molecule has 1 aliphatic rings. The molecule has 0 N–H and O–H groups in total. The van der Waals surface area contributed by atoms with Crippen molar-refractivity contribution in [1.29, 1.82) is 0 Å². The molecule has 2 aromatic rings. The Morgan fingerprint density at radius 3 is 2.74 bits per heavy atom. The summed E-state index contributed by atoms with van der Waals surface area (Å²) in [6, 6.07) is 10.4. The molecular weight excluding hydrogens is 374 g/mol. The summed E-state index contributed by atoms with van der Waals surface area (Å²) in [5, 5.41) is 4.23. The van der Waals surface area contributed by atoms with Gasteiger partial charge in [0.1, 0.15) is 0 Å². The minimum Gasteiger partial charge on any atom is -0.466 e. The fraction of sp³-hybridized carbons (Fsp3) is 0.389. The average Bonchev–Trinajstić information content (AvgIpc) is 3.14. The third-order valence-corrected chi connectivity index (χ3v) is 6.03. The summed E-state index contributed by atoms with van der Waals surface area (Å²) in [5.41, 5.74) is 2.50. The van der Waals surface area contributed by atoms with Gasteiger partial charge >= 0.3 is 5.97 Å². The number of carbonyl (C=O) groups excluding carboxylic acids is 1. The smallest absolute Gasteiger partial charge is 0.310 e. The number of benzene rings is 1. The molecule has 23 heavy (non-hydrogen) atoms. The fourth-order valence-corrected chi connectivity index (χ4v) is 4.87. The molecule has 2 heterocycles. The molecule has 1 aromatic heterocycles. The lowest BCUT2D eigenvalue weighted by Crippen LogP contribution is -2.25. The number of thiophene rings is 1. The first kappa shape index (κ1) is 16.7. The molecule has 1 aromatic carbocycles. The van der Waals surface area contributed by atoms with Gasteiger partial charge < -0.3 is 4.74 Å². The van der Waals surface area contributed by atoms with E-state index in [1.54, 1.807) is 11.3 Å². The summed E-state index contributed by atoms with van der Waals surface area (Å²) in [4.78, 5) is 14.8. The van der Waals surface area contributed by atoms with Crippen molar-refractivity contribution in [3.63, 3.8) is 0 Å². The van der Waals surface area contributed by atoms with Crippen LogP contribution in [0, 0.1) is 5.92 Å². The zero-order chi connectivity index (χ0) is 16.2. The normalized spacial score (nSPS) is 21.5. The van der Waals surface area contributed by atoms with Gasteiger partial charge in [-0.3, -0.25) is 9.69 Å². The van der Waals surface area contributed by atoms with Crippen LogP contribution in [0.5, 0.6) is 0 Å². The van der Waals surface area contributed by atoms with Gasteiger partial charge in [0.15, 0.2) is 0 Å². The van der Waals surface area contributed by atoms with Gasteiger partial charge in [-0.15, -0.1) is 0 Å². The van der Waals surface area contributed by atoms with Gasteiger partial charge in [0.05, 0.1) is 12.5 Å². The van der Waals surface area contributed by atoms with Crippen LogP contribution in [-0.2, 0) is 16.1 Å². The Bertz CT molecular complexity index is 658. The molecule has 3 nitrogen and oxygen atoms in total. The molecule has 1 saturated heterocycles. The van der Waals surface area contributed by atoms with E-state index in [1.165, 1.54) is 11.1 Å². The highest BCUT2D eigenvalue weighted by molar-refractivity contribution is 9.10. The maximum absolute atomic E-state index is 12.4. The van der Waals surface area contributed by atoms with Crippen molar-refractivity contribution in [3.8, 4) is 0 Å². The van der Waals surface area contributed by atoms with Crippen molar-refractivity contribution in [2.24, 2.45) is 5.92 Å². The number of likely N-dealkylation sites (tertiary alicyclic amines) is 1. The van der Waals surface area contributed by atoms with Gasteiger partial charge in [-0.2, -0.15) is 11.3 Å². The maximum Gasteiger partial charge on any atom is 0.310 e. The second kappa shape index (κ2) is 7.60. The van der Waals surface area contributed by atoms with Crippen molar-refractivity contribution >= 4 is 33.2 Å². The number of carbonyl (C=O) groups is 1. The SMILES string of the molecule is CCOC(=O)[C@H]1CN(Cc2ccccc2)C[C@H]1c1cscc1Br. The fourth-order valence-electron chi connectivity index (χ4n) is 3.22. The highest BCUT2D eigenvalue weighted by Gasteiger charge is 2.40. The predicted octanol–water partition coefficient (Wildman–Crippen LogP) is 4.29. The summed E-state index contributed by atoms with van der Waals surface area (Å²) in [7, 11) is 0. The van der Waals surface area contributed by atoms with Gasteiger partial charge in [0.2, 0.25) is 0 Å². The lowest BCUT2D eigenvalue weighted by molar-refractivity contribution is -0.148. The first-order valence-corrected chi connectivity index (χ1v) is 9.57. The molecular formula is C18H20BrNO2S. The highest BCUT2D eigenvalue weighted by atomic mass is 79.9. The number of esters is 1. The summed E-state index contributed by atoms with van der Waals surface area (Å²) in [6.45, 7) is 4.80. The molecule has 122 valence electrons. The van der Waals surface area contributed by atoms with Crippen LogP contribution in [0.15, 0.2) is 45.6 Å². The predicted molar refractivity (Wildman–Crippen MR) is 96.6 cm³/mol. The Morgan fingerprint density at radius 1 is 1.30 bits per heavy atom. The van der Waals surface area contributed by atoms with Crippen LogP contribution in [0.4, 0.5) is 0 Å². The van der Waals surface area contributed by atoms with Gasteiger partial charge in [-0.1, -0.05) is 30.3 Å². The first-order chi connectivity index (χ1) is 11.2. The molecule has 0 aliphatic carbocycles. The number of hydrogen-bond acceptors (Lipinski definition) is 4. The molecule has 0 bridgehead atoms. The van der Waals surface area contributed by atoms with Gasteiger partial charge in [-0.25, -0.2) is 0 Å². The second-order valence-corrected chi connectivity index (χ2v) is 7.42. The Balaban J connectivity index is 1.79. The third-order valence-electron chi connectivity index (χ3n) is 4.28. The monoisotopic (exact) mass is 393 g/mol.